The van der Waals surface area contributed by atoms with Gasteiger partial charge < -0.3 is 4.74 Å². The Kier molecular flexibility index (Phi) is 1.86. The highest BCUT2D eigenvalue weighted by atomic mass is 35.5. The van der Waals surface area contributed by atoms with Crippen molar-refractivity contribution >= 4 is 33.4 Å². The van der Waals surface area contributed by atoms with E-state index in [1.54, 1.807) is 13.2 Å². The number of rotatable bonds is 1. The predicted octanol–water partition coefficient (Wildman–Crippen LogP) is 2.35. The van der Waals surface area contributed by atoms with Crippen LogP contribution >= 0.6 is 23.1 Å². The number of aromatic nitrogens is 2. The topological polar surface area (TPSA) is 35.0 Å². The van der Waals surface area contributed by atoms with E-state index in [4.69, 9.17) is 16.3 Å². The van der Waals surface area contributed by atoms with Crippen molar-refractivity contribution in [2.45, 2.75) is 0 Å². The Morgan fingerprint density at radius 2 is 2.33 bits per heavy atom. The van der Waals surface area contributed by atoms with Crippen molar-refractivity contribution in [2.75, 3.05) is 7.11 Å². The van der Waals surface area contributed by atoms with Crippen molar-refractivity contribution in [1.82, 2.24) is 9.59 Å². The molecule has 5 heteroatoms. The first kappa shape index (κ1) is 7.76. The lowest BCUT2D eigenvalue weighted by Crippen LogP contribution is -1.84. The summed E-state index contributed by atoms with van der Waals surface area (Å²) in [4.78, 5) is 0. The van der Waals surface area contributed by atoms with Gasteiger partial charge >= 0.3 is 0 Å². The second-order valence-corrected chi connectivity index (χ2v) is 3.45. The lowest BCUT2D eigenvalue weighted by molar-refractivity contribution is 0.419. The largest absolute Gasteiger partial charge is 0.494 e. The first-order valence-electron chi connectivity index (χ1n) is 3.27. The summed E-state index contributed by atoms with van der Waals surface area (Å²) in [6.07, 6.45) is 0. The molecule has 0 aliphatic rings. The number of halogens is 1. The van der Waals surface area contributed by atoms with Gasteiger partial charge in [-0.25, -0.2) is 0 Å². The number of fused-ring (bicyclic) bond motifs is 1. The van der Waals surface area contributed by atoms with E-state index in [2.05, 4.69) is 9.59 Å². The second-order valence-electron chi connectivity index (χ2n) is 2.23. The number of hydrogen-bond acceptors (Lipinski definition) is 4. The minimum atomic E-state index is 0.644. The van der Waals surface area contributed by atoms with Crippen molar-refractivity contribution in [1.29, 1.82) is 0 Å². The third-order valence-electron chi connectivity index (χ3n) is 1.50. The SMILES string of the molecule is COc1cc(Cl)cc2snnc12. The van der Waals surface area contributed by atoms with Crippen molar-refractivity contribution in [2.24, 2.45) is 0 Å². The molecule has 3 nitrogen and oxygen atoms in total. The number of benzene rings is 1. The van der Waals surface area contributed by atoms with Crippen LogP contribution in [-0.4, -0.2) is 16.7 Å². The van der Waals surface area contributed by atoms with Gasteiger partial charge in [0.2, 0.25) is 0 Å². The van der Waals surface area contributed by atoms with Gasteiger partial charge in [0, 0.05) is 11.1 Å². The molecular formula is C7H5ClN2OS. The van der Waals surface area contributed by atoms with E-state index >= 15 is 0 Å². The summed E-state index contributed by atoms with van der Waals surface area (Å²) in [6, 6.07) is 3.55. The highest BCUT2D eigenvalue weighted by Gasteiger charge is 2.06. The molecule has 0 amide bonds. The Labute approximate surface area is 78.1 Å². The molecule has 1 aromatic carbocycles. The van der Waals surface area contributed by atoms with E-state index in [9.17, 15) is 0 Å². The molecule has 1 aromatic heterocycles. The molecule has 0 fully saturated rings. The van der Waals surface area contributed by atoms with Crippen LogP contribution in [0.25, 0.3) is 10.2 Å². The fourth-order valence-corrected chi connectivity index (χ4v) is 1.87. The van der Waals surface area contributed by atoms with Gasteiger partial charge in [-0.05, 0) is 17.6 Å². The third kappa shape index (κ3) is 1.13. The summed E-state index contributed by atoms with van der Waals surface area (Å²) < 4.78 is 9.83. The lowest BCUT2D eigenvalue weighted by Gasteiger charge is -1.99. The molecule has 0 unspecified atom stereocenters. The molecule has 0 aliphatic carbocycles. The van der Waals surface area contributed by atoms with E-state index < -0.39 is 0 Å². The molecule has 0 radical (unpaired) electrons. The Balaban J connectivity index is 2.80. The van der Waals surface area contributed by atoms with Crippen LogP contribution in [0.4, 0.5) is 0 Å². The summed E-state index contributed by atoms with van der Waals surface area (Å²) in [5.41, 5.74) is 0.770. The average molecular weight is 201 g/mol. The van der Waals surface area contributed by atoms with Crippen LogP contribution < -0.4 is 4.74 Å². The second kappa shape index (κ2) is 2.88. The molecule has 0 bridgehead atoms. The lowest BCUT2D eigenvalue weighted by atomic mass is 10.3. The normalized spacial score (nSPS) is 10.5. The molecule has 2 aromatic rings. The van der Waals surface area contributed by atoms with Crippen LogP contribution in [0.2, 0.25) is 5.02 Å². The van der Waals surface area contributed by atoms with Gasteiger partial charge in [-0.1, -0.05) is 16.1 Å². The minimum Gasteiger partial charge on any atom is -0.494 e. The zero-order valence-electron chi connectivity index (χ0n) is 6.24. The Bertz CT molecular complexity index is 415. The van der Waals surface area contributed by atoms with Gasteiger partial charge in [0.15, 0.2) is 0 Å². The average Bonchev–Trinajstić information content (AvgIpc) is 2.50. The Hall–Kier alpha value is -0.870. The summed E-state index contributed by atoms with van der Waals surface area (Å²) in [5, 5.41) is 4.56. The van der Waals surface area contributed by atoms with E-state index in [1.807, 2.05) is 6.07 Å². The molecule has 12 heavy (non-hydrogen) atoms. The summed E-state index contributed by atoms with van der Waals surface area (Å²) in [5.74, 6) is 0.672. The first-order valence-corrected chi connectivity index (χ1v) is 4.42. The molecule has 1 heterocycles. The van der Waals surface area contributed by atoms with Gasteiger partial charge in [-0.15, -0.1) is 5.10 Å². The highest BCUT2D eigenvalue weighted by molar-refractivity contribution is 7.13. The maximum absolute atomic E-state index is 5.83. The summed E-state index contributed by atoms with van der Waals surface area (Å²) >= 11 is 7.14. The minimum absolute atomic E-state index is 0.644. The zero-order valence-corrected chi connectivity index (χ0v) is 7.82. The van der Waals surface area contributed by atoms with Crippen LogP contribution in [0.1, 0.15) is 0 Å². The van der Waals surface area contributed by atoms with Gasteiger partial charge in [-0.2, -0.15) is 0 Å². The van der Waals surface area contributed by atoms with E-state index in [1.165, 1.54) is 11.5 Å². The first-order chi connectivity index (χ1) is 5.81. The van der Waals surface area contributed by atoms with Gasteiger partial charge in [0.1, 0.15) is 11.3 Å². The van der Waals surface area contributed by atoms with Gasteiger partial charge in [-0.3, -0.25) is 0 Å². The van der Waals surface area contributed by atoms with Crippen molar-refractivity contribution in [3.8, 4) is 5.75 Å². The fraction of sp³-hybridized carbons (Fsp3) is 0.143. The smallest absolute Gasteiger partial charge is 0.149 e. The van der Waals surface area contributed by atoms with Crippen LogP contribution in [0.15, 0.2) is 12.1 Å². The maximum Gasteiger partial charge on any atom is 0.149 e. The van der Waals surface area contributed by atoms with Crippen LogP contribution in [-0.2, 0) is 0 Å². The molecule has 0 saturated heterocycles. The van der Waals surface area contributed by atoms with Crippen molar-refractivity contribution < 1.29 is 4.74 Å². The third-order valence-corrected chi connectivity index (χ3v) is 2.39. The van der Waals surface area contributed by atoms with Crippen molar-refractivity contribution in [3.05, 3.63) is 17.2 Å². The zero-order chi connectivity index (χ0) is 8.55. The molecule has 0 atom stereocenters. The van der Waals surface area contributed by atoms with Crippen LogP contribution in [0, 0.1) is 0 Å². The van der Waals surface area contributed by atoms with E-state index in [-0.39, 0.29) is 0 Å². The van der Waals surface area contributed by atoms with E-state index in [0.717, 1.165) is 10.2 Å². The highest BCUT2D eigenvalue weighted by Crippen LogP contribution is 2.29. The van der Waals surface area contributed by atoms with Crippen molar-refractivity contribution in [3.63, 3.8) is 0 Å². The molecule has 2 rings (SSSR count). The van der Waals surface area contributed by atoms with Gasteiger partial charge in [0.05, 0.1) is 11.8 Å². The molecule has 62 valence electrons. The molecule has 0 aliphatic heterocycles. The number of hydrogen-bond donors (Lipinski definition) is 0. The van der Waals surface area contributed by atoms with E-state index in [0.29, 0.717) is 10.8 Å². The molecule has 0 N–H and O–H groups in total. The van der Waals surface area contributed by atoms with Gasteiger partial charge in [0.25, 0.3) is 0 Å². The maximum atomic E-state index is 5.83. The molecular weight excluding hydrogens is 196 g/mol. The molecule has 0 saturated carbocycles. The number of methoxy groups -OCH3 is 1. The molecule has 0 spiro atoms. The summed E-state index contributed by atoms with van der Waals surface area (Å²) in [6.45, 7) is 0. The van der Waals surface area contributed by atoms with Crippen LogP contribution in [0.5, 0.6) is 5.75 Å². The Morgan fingerprint density at radius 1 is 1.50 bits per heavy atom. The standard InChI is InChI=1S/C7H5ClN2OS/c1-11-5-2-4(8)3-6-7(5)9-10-12-6/h2-3H,1H3. The number of ether oxygens (including phenoxy) is 1. The monoisotopic (exact) mass is 200 g/mol. The Morgan fingerprint density at radius 3 is 3.08 bits per heavy atom. The fourth-order valence-electron chi connectivity index (χ4n) is 0.979. The quantitative estimate of drug-likeness (QED) is 0.709. The number of nitrogens with zero attached hydrogens (tertiary/aromatic N) is 2. The summed E-state index contributed by atoms with van der Waals surface area (Å²) in [7, 11) is 1.59. The predicted molar refractivity (Wildman–Crippen MR) is 49.0 cm³/mol. The van der Waals surface area contributed by atoms with Crippen LogP contribution in [0.3, 0.4) is 0 Å².